The Kier molecular flexibility index (Phi) is 28.0. The van der Waals surface area contributed by atoms with Gasteiger partial charge in [-0.15, -0.1) is 0 Å². The Balaban J connectivity index is 0.00000342. The maximum atomic E-state index is 15.2. The molecule has 0 aliphatic carbocycles. The van der Waals surface area contributed by atoms with E-state index in [9.17, 15) is 53.4 Å². The minimum Gasteiger partial charge on any atom is -0.508 e. The van der Waals surface area contributed by atoms with Crippen molar-refractivity contribution in [3.63, 3.8) is 0 Å². The van der Waals surface area contributed by atoms with Gasteiger partial charge in [0.05, 0.1) is 19.7 Å². The quantitative estimate of drug-likeness (QED) is 0.0127. The van der Waals surface area contributed by atoms with Crippen LogP contribution < -0.4 is 65.1 Å². The van der Waals surface area contributed by atoms with Crippen molar-refractivity contribution in [1.82, 2.24) is 57.7 Å². The number of phenols is 1. The van der Waals surface area contributed by atoms with Crippen molar-refractivity contribution in [3.05, 3.63) is 114 Å². The molecule has 0 unspecified atom stereocenters. The fraction of sp³-hybridized carbons (Fsp3) is 0.426. The van der Waals surface area contributed by atoms with Crippen molar-refractivity contribution in [3.8, 4) is 5.75 Å². The number of aliphatic hydroxyl groups excluding tert-OH is 1. The molecule has 4 aromatic carbocycles. The summed E-state index contributed by atoms with van der Waals surface area (Å²) in [6, 6.07) is 13.3. The summed E-state index contributed by atoms with van der Waals surface area (Å²) in [5.74, 6) is -9.85. The third-order valence-corrected chi connectivity index (χ3v) is 16.6. The normalized spacial score (nSPS) is 16.7. The van der Waals surface area contributed by atoms with Crippen molar-refractivity contribution in [2.75, 3.05) is 32.8 Å². The monoisotopic (exact) mass is 1380 g/mol. The topological polar surface area (TPSA) is 508 Å². The average Bonchev–Trinajstić information content (AvgIpc) is 1.35. The fourth-order valence-corrected chi connectivity index (χ4v) is 11.7. The van der Waals surface area contributed by atoms with Crippen LogP contribution >= 0.6 is 0 Å². The number of aliphatic imine (C=N–C) groups is 3. The van der Waals surface area contributed by atoms with Crippen LogP contribution in [0, 0.1) is 5.92 Å². The number of aromatic amines is 1. The van der Waals surface area contributed by atoms with Crippen LogP contribution in [0.4, 0.5) is 0 Å². The lowest BCUT2D eigenvalue weighted by atomic mass is 9.96. The van der Waals surface area contributed by atoms with Gasteiger partial charge in [0.25, 0.3) is 5.97 Å². The maximum absolute atomic E-state index is 15.2. The number of nitrogens with zero attached hydrogens (tertiary/aromatic N) is 4. The lowest BCUT2D eigenvalue weighted by molar-refractivity contribution is -0.142. The van der Waals surface area contributed by atoms with Crippen LogP contribution in [-0.2, 0) is 76.8 Å². The van der Waals surface area contributed by atoms with Crippen LogP contribution in [-0.4, -0.2) is 201 Å². The molecule has 5 aromatic rings. The number of aliphatic hydroxyl groups is 1. The Labute approximate surface area is 575 Å². The van der Waals surface area contributed by atoms with Crippen LogP contribution in [0.2, 0.25) is 0 Å². The molecule has 0 saturated carbocycles. The van der Waals surface area contributed by atoms with E-state index in [-0.39, 0.29) is 107 Å². The lowest BCUT2D eigenvalue weighted by Gasteiger charge is -2.30. The predicted molar refractivity (Wildman–Crippen MR) is 368 cm³/mol. The Bertz CT molecular complexity index is 3880. The molecule has 32 nitrogen and oxygen atoms in total. The first kappa shape index (κ1) is 76.1. The largest absolute Gasteiger partial charge is 0.508 e. The van der Waals surface area contributed by atoms with Gasteiger partial charge in [0.1, 0.15) is 66.5 Å². The van der Waals surface area contributed by atoms with Gasteiger partial charge in [0.15, 0.2) is 5.96 Å². The summed E-state index contributed by atoms with van der Waals surface area (Å²) >= 11 is 0. The number of aromatic hydroxyl groups is 1. The number of nitrogens with one attached hydrogen (secondary N) is 10. The molecule has 100 heavy (non-hydrogen) atoms. The first-order valence-electron chi connectivity index (χ1n) is 32.7. The molecule has 0 bridgehead atoms. The van der Waals surface area contributed by atoms with E-state index in [1.54, 1.807) is 62.5 Å². The number of carbonyl (C=O) groups is 12. The molecule has 32 heteroatoms. The number of guanidine groups is 1. The number of nitrogens with two attached hydrogens (primary N) is 3. The number of hydrogen-bond acceptors (Lipinski definition) is 17. The number of carboxylic acids is 1. The van der Waals surface area contributed by atoms with E-state index in [2.05, 4.69) is 67.8 Å². The molecule has 4 heterocycles. The van der Waals surface area contributed by atoms with Gasteiger partial charge >= 0.3 is 0 Å². The molecule has 3 aliphatic heterocycles. The molecule has 0 radical (unpaired) electrons. The Morgan fingerprint density at radius 3 is 1.84 bits per heavy atom. The summed E-state index contributed by atoms with van der Waals surface area (Å²) in [6.45, 7) is 3.56. The third kappa shape index (κ3) is 22.6. The number of likely N-dealkylation sites (tertiary alicyclic amines) is 1. The maximum Gasteiger partial charge on any atom is 0.300 e. The van der Waals surface area contributed by atoms with Crippen LogP contribution in [0.5, 0.6) is 5.75 Å². The predicted octanol–water partition coefficient (Wildman–Crippen LogP) is -1.62. The van der Waals surface area contributed by atoms with E-state index in [4.69, 9.17) is 27.1 Å². The minimum absolute atomic E-state index is 0.00853. The van der Waals surface area contributed by atoms with Crippen LogP contribution in [0.25, 0.3) is 21.7 Å². The third-order valence-electron chi connectivity index (χ3n) is 16.6. The summed E-state index contributed by atoms with van der Waals surface area (Å²) in [4.78, 5) is 180. The first-order chi connectivity index (χ1) is 47.8. The average molecular weight is 1380 g/mol. The van der Waals surface area contributed by atoms with E-state index >= 15 is 9.59 Å². The Morgan fingerprint density at radius 1 is 0.660 bits per heavy atom. The first-order valence-corrected chi connectivity index (χ1v) is 32.7. The van der Waals surface area contributed by atoms with Gasteiger partial charge < -0.3 is 90.3 Å². The van der Waals surface area contributed by atoms with E-state index in [1.165, 1.54) is 35.5 Å². The highest BCUT2D eigenvalue weighted by atomic mass is 16.4. The molecular weight excluding hydrogens is 1290 g/mol. The molecule has 3 aliphatic rings. The summed E-state index contributed by atoms with van der Waals surface area (Å²) in [5, 5.41) is 54.9. The number of carboxylic acid groups (broad SMARTS) is 1. The second-order valence-electron chi connectivity index (χ2n) is 24.9. The number of aromatic nitrogens is 1. The lowest BCUT2D eigenvalue weighted by Crippen LogP contribution is -2.61. The highest BCUT2D eigenvalue weighted by Crippen LogP contribution is 2.24. The van der Waals surface area contributed by atoms with E-state index in [0.717, 1.165) is 17.7 Å². The van der Waals surface area contributed by atoms with Gasteiger partial charge in [-0.25, -0.2) is 4.99 Å². The summed E-state index contributed by atoms with van der Waals surface area (Å²) in [5.41, 5.74) is 19.2. The number of fused-ring (bicyclic) bond motifs is 2. The molecule has 11 amide bonds. The molecule has 534 valence electrons. The smallest absolute Gasteiger partial charge is 0.300 e. The number of hydrogen-bond donors (Lipinski definition) is 16. The second-order valence-corrected chi connectivity index (χ2v) is 24.9. The molecular formula is C68H87N17O15. The van der Waals surface area contributed by atoms with Crippen LogP contribution in [0.15, 0.2) is 112 Å². The zero-order valence-electron chi connectivity index (χ0n) is 55.7. The number of amides is 11. The van der Waals surface area contributed by atoms with Gasteiger partial charge in [0.2, 0.25) is 65.0 Å². The van der Waals surface area contributed by atoms with Gasteiger partial charge in [-0.1, -0.05) is 86.6 Å². The molecule has 8 rings (SSSR count). The van der Waals surface area contributed by atoms with Crippen LogP contribution in [0.3, 0.4) is 0 Å². The van der Waals surface area contributed by atoms with Gasteiger partial charge in [0, 0.05) is 74.9 Å². The number of H-pyrrole nitrogens is 1. The van der Waals surface area contributed by atoms with E-state index in [1.807, 2.05) is 24.3 Å². The molecule has 19 N–H and O–H groups in total. The molecule has 1 aromatic heterocycles. The van der Waals surface area contributed by atoms with E-state index < -0.39 is 133 Å². The number of benzene rings is 4. The summed E-state index contributed by atoms with van der Waals surface area (Å²) < 4.78 is 0. The summed E-state index contributed by atoms with van der Waals surface area (Å²) in [6.07, 6.45) is 3.36. The standard InChI is InChI=1S/C66H83N17O13.C2H4O2/c1-36(2)26-48(58(89)76-47(16-8-24-71-66(68)69)65(96)83-25-9-17-54(83)64(95)73-33-55(67)86)77-60(91)50(28-39-12-7-11-38-10-3-4-13-43(38)39)79-59(90)49(27-37-18-20-42(85)21-19-37)78-63(94)53(34-84)82-61(92)51(29-40-31-72-45-15-6-5-14-44(40)45)80-62(93)52(30-41-32-70-35-74-41)81-57(88)46-22-23-56(87)75-46;1-2(3)4/h3-7,10-15,18-21,31,35-36,46-54,72,84-85H,8-9,16-17,22-30,32-34H2,1-2H3,(H2,67,86)(H,73,95)(H,75,87)(H,76,89)(H,77,91)(H,78,94)(H,79,90)(H,80,93)(H,81,88)(H,82,92)(H4,68,69,71);1H3,(H,3,4)/t46-,47-,48-,49-,50+,51-,52-,53-,54-;/m0./s1. The second kappa shape index (κ2) is 36.9. The number of primary amides is 1. The zero-order chi connectivity index (χ0) is 72.6. The van der Waals surface area contributed by atoms with Crippen molar-refractivity contribution in [2.45, 2.75) is 146 Å². The van der Waals surface area contributed by atoms with Gasteiger partial charge in [-0.3, -0.25) is 67.5 Å². The zero-order valence-corrected chi connectivity index (χ0v) is 55.7. The number of carbonyl (C=O) groups excluding carboxylic acids is 11. The van der Waals surface area contributed by atoms with Gasteiger partial charge in [-0.2, -0.15) is 0 Å². The Hall–Kier alpha value is -11.3. The molecule has 2 saturated heterocycles. The molecule has 2 fully saturated rings. The number of rotatable bonds is 33. The van der Waals surface area contributed by atoms with Gasteiger partial charge in [-0.05, 0) is 90.1 Å². The number of phenolic OH excluding ortho intramolecular Hbond substituents is 1. The number of aliphatic carboxylic acids is 1. The van der Waals surface area contributed by atoms with Crippen molar-refractivity contribution < 1.29 is 72.9 Å². The van der Waals surface area contributed by atoms with Crippen molar-refractivity contribution in [1.29, 1.82) is 0 Å². The SMILES string of the molecule is CC(=O)O.CC(C)C[C@H](NC(=O)[C@@H](Cc1cccc2ccccc12)NC(=O)[C@H](Cc1ccc(O)cc1)NC(=O)[C@H](CO)NC(=O)[C@H](Cc1c[nH]c2ccccc12)NC(=O)[C@H](CC1=NC=NC1)NC(=O)[C@@H]1CCC(=O)N1)C(=O)N[C@@H](CCCN=C(N)N)C(=O)N1CCC[C@H]1C(=O)NCC(N)=O. The Morgan fingerprint density at radius 2 is 1.23 bits per heavy atom. The molecule has 0 spiro atoms. The van der Waals surface area contributed by atoms with E-state index in [0.29, 0.717) is 39.7 Å². The minimum atomic E-state index is -1.80. The van der Waals surface area contributed by atoms with Crippen molar-refractivity contribution >= 4 is 111 Å². The highest BCUT2D eigenvalue weighted by molar-refractivity contribution is 6.03. The van der Waals surface area contributed by atoms with Crippen LogP contribution in [0.1, 0.15) is 88.8 Å². The fourth-order valence-electron chi connectivity index (χ4n) is 11.7. The highest BCUT2D eigenvalue weighted by Gasteiger charge is 2.40. The van der Waals surface area contributed by atoms with Crippen molar-refractivity contribution in [2.24, 2.45) is 38.1 Å². The number of para-hydroxylation sites is 1. The molecule has 9 atom stereocenters. The summed E-state index contributed by atoms with van der Waals surface area (Å²) in [7, 11) is 0.